The highest BCUT2D eigenvalue weighted by molar-refractivity contribution is 14.2. The Morgan fingerprint density at radius 2 is 2.00 bits per heavy atom. The van der Waals surface area contributed by atoms with Crippen LogP contribution in [0.4, 0.5) is 0 Å². The largest absolute Gasteiger partial charge is 0.355 e. The van der Waals surface area contributed by atoms with Crippen LogP contribution in [0, 0.1) is 5.92 Å². The fourth-order valence-corrected chi connectivity index (χ4v) is 7.66. The van der Waals surface area contributed by atoms with E-state index in [0.29, 0.717) is 12.0 Å². The van der Waals surface area contributed by atoms with Crippen molar-refractivity contribution < 1.29 is 8.42 Å². The molecule has 0 N–H and O–H groups in total. The van der Waals surface area contributed by atoms with Gasteiger partial charge in [-0.15, -0.1) is 0 Å². The maximum Gasteiger partial charge on any atom is 0.267 e. The summed E-state index contributed by atoms with van der Waals surface area (Å²) in [6, 6.07) is 10.7. The summed E-state index contributed by atoms with van der Waals surface area (Å²) in [5.41, 5.74) is 0.810. The lowest BCUT2D eigenvalue weighted by Gasteiger charge is -2.42. The van der Waals surface area contributed by atoms with Crippen molar-refractivity contribution in [3.8, 4) is 0 Å². The molecule has 2 aliphatic heterocycles. The Bertz CT molecular complexity index is 1200. The van der Waals surface area contributed by atoms with Crippen molar-refractivity contribution in [3.05, 3.63) is 76.7 Å². The first kappa shape index (κ1) is 24.1. The molecule has 1 unspecified atom stereocenters. The van der Waals surface area contributed by atoms with Gasteiger partial charge in [0.1, 0.15) is 5.84 Å². The van der Waals surface area contributed by atoms with Crippen molar-refractivity contribution in [1.29, 1.82) is 0 Å². The third kappa shape index (κ3) is 5.38. The molecule has 0 aliphatic carbocycles. The van der Waals surface area contributed by atoms with E-state index in [1.54, 1.807) is 47.2 Å². The minimum atomic E-state index is -3.62. The minimum absolute atomic E-state index is 0.00974. The lowest BCUT2D eigenvalue weighted by Crippen LogP contribution is -2.53. The summed E-state index contributed by atoms with van der Waals surface area (Å²) in [6.07, 6.45) is 11.0. The summed E-state index contributed by atoms with van der Waals surface area (Å²) in [5, 5.41) is 0. The molecule has 0 saturated carbocycles. The second-order valence-corrected chi connectivity index (χ2v) is 13.1. The molecule has 0 radical (unpaired) electrons. The molecule has 3 heterocycles. The van der Waals surface area contributed by atoms with E-state index in [4.69, 9.17) is 0 Å². The number of hydrogen-bond donors (Lipinski definition) is 0. The van der Waals surface area contributed by atoms with E-state index in [2.05, 4.69) is 51.1 Å². The zero-order valence-electron chi connectivity index (χ0n) is 19.3. The van der Waals surface area contributed by atoms with Crippen LogP contribution in [-0.2, 0) is 10.0 Å². The Morgan fingerprint density at radius 1 is 1.21 bits per heavy atom. The first-order chi connectivity index (χ1) is 15.9. The molecule has 6 nitrogen and oxygen atoms in total. The SMILES string of the molecule is CN=C(c1ccn(S(=O)(=O)c2ccccc2)c1)N(C)C1CN(CC2=IC=CC=C2)CC[C@H]1C. The molecular weight excluding hydrogens is 547 g/mol. The minimum Gasteiger partial charge on any atom is -0.355 e. The van der Waals surface area contributed by atoms with E-state index in [1.165, 1.54) is 3.97 Å². The van der Waals surface area contributed by atoms with Crippen molar-refractivity contribution in [1.82, 2.24) is 13.8 Å². The highest BCUT2D eigenvalue weighted by Gasteiger charge is 2.31. The average Bonchev–Trinajstić information content (AvgIpc) is 3.33. The summed E-state index contributed by atoms with van der Waals surface area (Å²) < 4.78 is 31.2. The van der Waals surface area contributed by atoms with E-state index >= 15 is 0 Å². The van der Waals surface area contributed by atoms with Crippen LogP contribution in [0.2, 0.25) is 0 Å². The van der Waals surface area contributed by atoms with Crippen molar-refractivity contribution in [2.75, 3.05) is 33.7 Å². The monoisotopic (exact) mass is 578 g/mol. The van der Waals surface area contributed by atoms with Crippen LogP contribution in [0.15, 0.2) is 81.0 Å². The molecule has 33 heavy (non-hydrogen) atoms. The Hall–Kier alpha value is -2.04. The molecule has 4 rings (SSSR count). The number of amidine groups is 1. The number of hydrogen-bond acceptors (Lipinski definition) is 4. The molecule has 1 saturated heterocycles. The quantitative estimate of drug-likeness (QED) is 0.296. The third-order valence-electron chi connectivity index (χ3n) is 6.33. The number of likely N-dealkylation sites (N-methyl/N-ethyl adjacent to an activating group) is 1. The number of piperidine rings is 1. The van der Waals surface area contributed by atoms with Crippen LogP contribution >= 0.6 is 20.7 Å². The number of nitrogens with zero attached hydrogens (tertiary/aromatic N) is 4. The number of allylic oxidation sites excluding steroid dienone is 2. The van der Waals surface area contributed by atoms with Crippen LogP contribution < -0.4 is 0 Å². The van der Waals surface area contributed by atoms with Crippen LogP contribution in [-0.4, -0.2) is 71.3 Å². The van der Waals surface area contributed by atoms with E-state index in [0.717, 1.165) is 37.5 Å². The van der Waals surface area contributed by atoms with Crippen LogP contribution in [0.5, 0.6) is 0 Å². The Kier molecular flexibility index (Phi) is 7.65. The first-order valence-corrected chi connectivity index (χ1v) is 14.9. The van der Waals surface area contributed by atoms with Gasteiger partial charge in [-0.3, -0.25) is 9.89 Å². The standard InChI is InChI=1S/C25H31IN4O2S/c1-20-12-15-29(18-22-9-7-8-14-26-22)19-24(20)28(3)25(27-2)21-13-16-30(17-21)33(31,32)23-10-5-4-6-11-23/h4-11,13-14,16-17,20,24H,12,15,18-19H2,1-3H3/t20-,24?/m1/s1. The Balaban J connectivity index is 1.52. The summed E-state index contributed by atoms with van der Waals surface area (Å²) in [5.74, 6) is 1.34. The predicted octanol–water partition coefficient (Wildman–Crippen LogP) is 3.97. The maximum atomic E-state index is 13.0. The van der Waals surface area contributed by atoms with Crippen molar-refractivity contribution in [3.63, 3.8) is 0 Å². The van der Waals surface area contributed by atoms with Gasteiger partial charge in [0, 0.05) is 51.2 Å². The van der Waals surface area contributed by atoms with Gasteiger partial charge in [0.05, 0.1) is 4.90 Å². The fourth-order valence-electron chi connectivity index (χ4n) is 4.44. The average molecular weight is 579 g/mol. The number of benzene rings is 1. The molecule has 0 bridgehead atoms. The van der Waals surface area contributed by atoms with Gasteiger partial charge in [0.15, 0.2) is 0 Å². The van der Waals surface area contributed by atoms with E-state index in [9.17, 15) is 8.42 Å². The summed E-state index contributed by atoms with van der Waals surface area (Å²) in [4.78, 5) is 9.64. The van der Waals surface area contributed by atoms with Crippen LogP contribution in [0.1, 0.15) is 18.9 Å². The predicted molar refractivity (Wildman–Crippen MR) is 145 cm³/mol. The van der Waals surface area contributed by atoms with Crippen molar-refractivity contribution in [2.45, 2.75) is 24.3 Å². The van der Waals surface area contributed by atoms with Gasteiger partial charge in [-0.1, -0.05) is 64.1 Å². The highest BCUT2D eigenvalue weighted by atomic mass is 127. The smallest absolute Gasteiger partial charge is 0.267 e. The Morgan fingerprint density at radius 3 is 2.70 bits per heavy atom. The van der Waals surface area contributed by atoms with Gasteiger partial charge in [-0.25, -0.2) is 12.4 Å². The molecule has 0 amide bonds. The number of halogens is 1. The Labute approximate surface area is 207 Å². The fraction of sp³-hybridized carbons (Fsp3) is 0.360. The lowest BCUT2D eigenvalue weighted by molar-refractivity contribution is 0.124. The van der Waals surface area contributed by atoms with Gasteiger partial charge < -0.3 is 4.90 Å². The zero-order chi connectivity index (χ0) is 23.4. The van der Waals surface area contributed by atoms with Crippen molar-refractivity contribution >= 4 is 40.1 Å². The van der Waals surface area contributed by atoms with Crippen LogP contribution in [0.25, 0.3) is 0 Å². The van der Waals surface area contributed by atoms with E-state index < -0.39 is 10.0 Å². The lowest BCUT2D eigenvalue weighted by atomic mass is 9.92. The summed E-state index contributed by atoms with van der Waals surface area (Å²) in [6.45, 7) is 5.43. The number of rotatable bonds is 6. The summed E-state index contributed by atoms with van der Waals surface area (Å²) in [7, 11) is 0.237. The second-order valence-electron chi connectivity index (χ2n) is 8.51. The number of aliphatic imine (C=N–C) groups is 1. The molecule has 1 aromatic carbocycles. The second kappa shape index (κ2) is 10.5. The highest BCUT2D eigenvalue weighted by Crippen LogP contribution is 2.25. The van der Waals surface area contributed by atoms with Crippen molar-refractivity contribution in [2.24, 2.45) is 10.9 Å². The molecular formula is C25H31IN4O2S. The van der Waals surface area contributed by atoms with E-state index in [-0.39, 0.29) is 25.6 Å². The van der Waals surface area contributed by atoms with Gasteiger partial charge in [0.2, 0.25) is 0 Å². The summed E-state index contributed by atoms with van der Waals surface area (Å²) >= 11 is 0.00974. The maximum absolute atomic E-state index is 13.0. The van der Waals surface area contributed by atoms with Gasteiger partial charge in [-0.05, 0) is 44.7 Å². The molecule has 1 aromatic heterocycles. The number of aromatic nitrogens is 1. The molecule has 2 atom stereocenters. The topological polar surface area (TPSA) is 57.9 Å². The van der Waals surface area contributed by atoms with E-state index in [1.807, 2.05) is 12.1 Å². The zero-order valence-corrected chi connectivity index (χ0v) is 22.3. The molecule has 1 fully saturated rings. The molecule has 0 spiro atoms. The third-order valence-corrected chi connectivity index (χ3v) is 10.3. The molecule has 2 aliphatic rings. The molecule has 2 aromatic rings. The first-order valence-electron chi connectivity index (χ1n) is 11.1. The molecule has 176 valence electrons. The van der Waals surface area contributed by atoms with Gasteiger partial charge in [0.25, 0.3) is 10.0 Å². The molecule has 8 heteroatoms. The van der Waals surface area contributed by atoms with Crippen LogP contribution in [0.3, 0.4) is 0 Å². The number of likely N-dealkylation sites (tertiary alicyclic amines) is 1. The normalized spacial score (nSPS) is 22.0. The van der Waals surface area contributed by atoms with Gasteiger partial charge in [-0.2, -0.15) is 0 Å². The van der Waals surface area contributed by atoms with Gasteiger partial charge >= 0.3 is 0 Å².